The molecule has 0 aliphatic heterocycles. The molecule has 1 aromatic carbocycles. The Morgan fingerprint density at radius 2 is 2.05 bits per heavy atom. The van der Waals surface area contributed by atoms with E-state index in [9.17, 15) is 23.1 Å². The first-order valence-electron chi connectivity index (χ1n) is 5.63. The van der Waals surface area contributed by atoms with Crippen LogP contribution in [0.15, 0.2) is 30.5 Å². The van der Waals surface area contributed by atoms with Crippen LogP contribution in [0.2, 0.25) is 0 Å². The van der Waals surface area contributed by atoms with Crippen molar-refractivity contribution in [2.24, 2.45) is 0 Å². The van der Waals surface area contributed by atoms with E-state index in [1.54, 1.807) is 0 Å². The molecule has 0 atom stereocenters. The van der Waals surface area contributed by atoms with Gasteiger partial charge in [0.15, 0.2) is 11.4 Å². The third-order valence-corrected chi connectivity index (χ3v) is 2.56. The number of hydroxylamine groups is 1. The summed E-state index contributed by atoms with van der Waals surface area (Å²) in [6, 6.07) is 4.67. The van der Waals surface area contributed by atoms with Crippen LogP contribution in [0.1, 0.15) is 16.1 Å². The van der Waals surface area contributed by atoms with E-state index in [-0.39, 0.29) is 5.69 Å². The highest BCUT2D eigenvalue weighted by molar-refractivity contribution is 5.94. The highest BCUT2D eigenvalue weighted by Crippen LogP contribution is 2.34. The summed E-state index contributed by atoms with van der Waals surface area (Å²) in [5.74, 6) is -1.44. The largest absolute Gasteiger partial charge is 0.504 e. The van der Waals surface area contributed by atoms with Gasteiger partial charge < -0.3 is 5.11 Å². The van der Waals surface area contributed by atoms with Crippen molar-refractivity contribution in [3.63, 3.8) is 0 Å². The minimum Gasteiger partial charge on any atom is -0.504 e. The highest BCUT2D eigenvalue weighted by atomic mass is 19.4. The van der Waals surface area contributed by atoms with Crippen molar-refractivity contribution in [2.75, 3.05) is 7.11 Å². The van der Waals surface area contributed by atoms with Crippen LogP contribution in [0.4, 0.5) is 13.2 Å². The van der Waals surface area contributed by atoms with Crippen LogP contribution in [0, 0.1) is 0 Å². The Hall–Kier alpha value is -2.55. The molecule has 1 aromatic heterocycles. The summed E-state index contributed by atoms with van der Waals surface area (Å²) < 4.78 is 39.5. The molecule has 1 amide bonds. The molecule has 21 heavy (non-hydrogen) atoms. The molecular weight excluding hydrogens is 291 g/mol. The number of benzene rings is 1. The number of aromatic hydroxyl groups is 1. The third-order valence-electron chi connectivity index (χ3n) is 2.56. The first-order valence-corrected chi connectivity index (χ1v) is 5.63. The minimum atomic E-state index is -4.59. The number of nitrogens with zero attached hydrogens (tertiary/aromatic N) is 2. The van der Waals surface area contributed by atoms with E-state index in [0.717, 1.165) is 16.9 Å². The Kier molecular flexibility index (Phi) is 3.85. The molecule has 9 heteroatoms. The molecule has 6 nitrogen and oxygen atoms in total. The standard InChI is InChI=1S/C12H10F3N3O3/c1-21-17-11(20)10-9(19)6-18(16-10)8-5-3-2-4-7(8)12(13,14)15/h2-6,19H,1H3,(H,17,20). The van der Waals surface area contributed by atoms with Crippen LogP contribution < -0.4 is 5.48 Å². The smallest absolute Gasteiger partial charge is 0.418 e. The Morgan fingerprint density at radius 1 is 1.38 bits per heavy atom. The number of hydrogen-bond donors (Lipinski definition) is 2. The minimum absolute atomic E-state index is 0.309. The second-order valence-corrected chi connectivity index (χ2v) is 3.96. The monoisotopic (exact) mass is 301 g/mol. The fourth-order valence-corrected chi connectivity index (χ4v) is 1.70. The van der Waals surface area contributed by atoms with Crippen molar-refractivity contribution in [1.82, 2.24) is 15.3 Å². The maximum absolute atomic E-state index is 12.9. The second-order valence-electron chi connectivity index (χ2n) is 3.96. The molecule has 1 heterocycles. The maximum atomic E-state index is 12.9. The lowest BCUT2D eigenvalue weighted by molar-refractivity contribution is -0.137. The summed E-state index contributed by atoms with van der Waals surface area (Å²) in [5, 5.41) is 13.2. The van der Waals surface area contributed by atoms with E-state index in [0.29, 0.717) is 0 Å². The van der Waals surface area contributed by atoms with Gasteiger partial charge in [-0.2, -0.15) is 18.3 Å². The number of aromatic nitrogens is 2. The summed E-state index contributed by atoms with van der Waals surface area (Å²) in [4.78, 5) is 15.9. The molecule has 0 aliphatic carbocycles. The molecule has 0 bridgehead atoms. The van der Waals surface area contributed by atoms with Crippen molar-refractivity contribution < 1.29 is 27.9 Å². The summed E-state index contributed by atoms with van der Waals surface area (Å²) in [5.41, 5.74) is 0.218. The average Bonchev–Trinajstić information content (AvgIpc) is 2.80. The number of para-hydroxylation sites is 1. The van der Waals surface area contributed by atoms with Gasteiger partial charge in [0, 0.05) is 0 Å². The summed E-state index contributed by atoms with van der Waals surface area (Å²) in [6.07, 6.45) is -3.68. The molecule has 2 aromatic rings. The molecule has 112 valence electrons. The first-order chi connectivity index (χ1) is 9.84. The van der Waals surface area contributed by atoms with Crippen molar-refractivity contribution in [3.05, 3.63) is 41.7 Å². The van der Waals surface area contributed by atoms with Gasteiger partial charge in [0.1, 0.15) is 0 Å². The quantitative estimate of drug-likeness (QED) is 0.849. The zero-order valence-corrected chi connectivity index (χ0v) is 10.7. The van der Waals surface area contributed by atoms with Crippen molar-refractivity contribution in [1.29, 1.82) is 0 Å². The molecule has 2 rings (SSSR count). The predicted molar refractivity (Wildman–Crippen MR) is 64.7 cm³/mol. The van der Waals surface area contributed by atoms with Gasteiger partial charge >= 0.3 is 6.18 Å². The highest BCUT2D eigenvalue weighted by Gasteiger charge is 2.34. The van der Waals surface area contributed by atoms with Gasteiger partial charge in [0.05, 0.1) is 24.6 Å². The van der Waals surface area contributed by atoms with Crippen LogP contribution >= 0.6 is 0 Å². The number of carbonyl (C=O) groups excluding carboxylic acids is 1. The summed E-state index contributed by atoms with van der Waals surface area (Å²) >= 11 is 0. The number of halogens is 3. The first kappa shape index (κ1) is 14.9. The molecule has 0 spiro atoms. The number of hydrogen-bond acceptors (Lipinski definition) is 4. The second kappa shape index (κ2) is 5.44. The van der Waals surface area contributed by atoms with Crippen molar-refractivity contribution in [3.8, 4) is 11.4 Å². The third kappa shape index (κ3) is 2.97. The normalized spacial score (nSPS) is 11.4. The van der Waals surface area contributed by atoms with E-state index >= 15 is 0 Å². The summed E-state index contributed by atoms with van der Waals surface area (Å²) in [7, 11) is 1.17. The number of alkyl halides is 3. The fourth-order valence-electron chi connectivity index (χ4n) is 1.70. The van der Waals surface area contributed by atoms with E-state index in [4.69, 9.17) is 0 Å². The van der Waals surface area contributed by atoms with Gasteiger partial charge in [-0.1, -0.05) is 12.1 Å². The lowest BCUT2D eigenvalue weighted by Crippen LogP contribution is -2.22. The molecule has 0 fully saturated rings. The summed E-state index contributed by atoms with van der Waals surface area (Å²) in [6.45, 7) is 0. The molecule has 0 radical (unpaired) electrons. The number of amides is 1. The van der Waals surface area contributed by atoms with Crippen molar-refractivity contribution in [2.45, 2.75) is 6.18 Å². The lowest BCUT2D eigenvalue weighted by Gasteiger charge is -2.12. The van der Waals surface area contributed by atoms with Crippen molar-refractivity contribution >= 4 is 5.91 Å². The number of carbonyl (C=O) groups is 1. The molecular formula is C12H10F3N3O3. The topological polar surface area (TPSA) is 76.4 Å². The Labute approximate surface area is 116 Å². The lowest BCUT2D eigenvalue weighted by atomic mass is 10.2. The van der Waals surface area contributed by atoms with Gasteiger partial charge in [-0.15, -0.1) is 0 Å². The van der Waals surface area contributed by atoms with E-state index in [2.05, 4.69) is 9.94 Å². The van der Waals surface area contributed by atoms with Crippen LogP contribution in [0.3, 0.4) is 0 Å². The van der Waals surface area contributed by atoms with Crippen LogP contribution in [0.25, 0.3) is 5.69 Å². The van der Waals surface area contributed by atoms with Crippen LogP contribution in [0.5, 0.6) is 5.75 Å². The Morgan fingerprint density at radius 3 is 2.67 bits per heavy atom. The maximum Gasteiger partial charge on any atom is 0.418 e. The molecule has 0 saturated carbocycles. The zero-order valence-electron chi connectivity index (χ0n) is 10.7. The van der Waals surface area contributed by atoms with E-state index in [1.807, 2.05) is 5.48 Å². The van der Waals surface area contributed by atoms with Crippen LogP contribution in [-0.2, 0) is 11.0 Å². The Bertz CT molecular complexity index is 667. The molecule has 0 unspecified atom stereocenters. The molecule has 2 N–H and O–H groups in total. The van der Waals surface area contributed by atoms with E-state index < -0.39 is 29.1 Å². The van der Waals surface area contributed by atoms with E-state index in [1.165, 1.54) is 25.3 Å². The average molecular weight is 301 g/mol. The number of rotatable bonds is 3. The Balaban J connectivity index is 2.50. The van der Waals surface area contributed by atoms with Gasteiger partial charge in [0.2, 0.25) is 0 Å². The predicted octanol–water partition coefficient (Wildman–Crippen LogP) is 1.89. The zero-order chi connectivity index (χ0) is 15.6. The molecule has 0 saturated heterocycles. The molecule has 0 aliphatic rings. The fraction of sp³-hybridized carbons (Fsp3) is 0.167. The van der Waals surface area contributed by atoms with Gasteiger partial charge in [-0.3, -0.25) is 9.63 Å². The van der Waals surface area contributed by atoms with Gasteiger partial charge in [0.25, 0.3) is 5.91 Å². The van der Waals surface area contributed by atoms with Crippen LogP contribution in [-0.4, -0.2) is 27.9 Å². The van der Waals surface area contributed by atoms with Gasteiger partial charge in [-0.25, -0.2) is 10.2 Å². The SMILES string of the molecule is CONC(=O)c1nn(-c2ccccc2C(F)(F)F)cc1O. The van der Waals surface area contributed by atoms with Gasteiger partial charge in [-0.05, 0) is 12.1 Å². The number of nitrogens with one attached hydrogen (secondary N) is 1.